The molecule has 0 heterocycles. The molecule has 2 rings (SSSR count). The molecule has 0 radical (unpaired) electrons. The maximum atomic E-state index is 12.1. The van der Waals surface area contributed by atoms with Gasteiger partial charge < -0.3 is 5.32 Å². The Kier molecular flexibility index (Phi) is 4.26. The summed E-state index contributed by atoms with van der Waals surface area (Å²) < 4.78 is 1.05. The highest BCUT2D eigenvalue weighted by atomic mass is 79.9. The van der Waals surface area contributed by atoms with E-state index in [1.54, 1.807) is 0 Å². The average molecular weight is 321 g/mol. The van der Waals surface area contributed by atoms with E-state index in [-0.39, 0.29) is 11.9 Å². The number of nitriles is 1. The number of halogens is 1. The van der Waals surface area contributed by atoms with Gasteiger partial charge in [-0.05, 0) is 44.2 Å². The van der Waals surface area contributed by atoms with Gasteiger partial charge in [-0.3, -0.25) is 4.79 Å². The van der Waals surface area contributed by atoms with Crippen molar-refractivity contribution in [3.05, 3.63) is 34.3 Å². The summed E-state index contributed by atoms with van der Waals surface area (Å²) in [6.45, 7) is 1.97. The fraction of sp³-hybridized carbons (Fsp3) is 0.467. The topological polar surface area (TPSA) is 52.9 Å². The van der Waals surface area contributed by atoms with E-state index in [4.69, 9.17) is 5.26 Å². The highest BCUT2D eigenvalue weighted by Crippen LogP contribution is 2.40. The van der Waals surface area contributed by atoms with E-state index in [9.17, 15) is 4.79 Å². The molecule has 0 spiro atoms. The maximum Gasteiger partial charge on any atom is 0.240 e. The molecule has 1 atom stereocenters. The van der Waals surface area contributed by atoms with Gasteiger partial charge in [0.2, 0.25) is 5.91 Å². The molecule has 1 N–H and O–H groups in total. The van der Waals surface area contributed by atoms with Gasteiger partial charge in [0.25, 0.3) is 0 Å². The van der Waals surface area contributed by atoms with Gasteiger partial charge in [0, 0.05) is 10.5 Å². The number of nitrogens with one attached hydrogen (secondary N) is 1. The molecule has 1 aromatic carbocycles. The Morgan fingerprint density at radius 3 is 2.74 bits per heavy atom. The predicted octanol–water partition coefficient (Wildman–Crippen LogP) is 3.19. The van der Waals surface area contributed by atoms with E-state index in [0.717, 1.165) is 22.9 Å². The zero-order valence-corrected chi connectivity index (χ0v) is 12.5. The molecule has 0 aliphatic heterocycles. The number of rotatable bonds is 4. The Hall–Kier alpha value is -1.34. The van der Waals surface area contributed by atoms with Gasteiger partial charge in [-0.15, -0.1) is 0 Å². The SMILES string of the molecule is C[C@H](Cc1ccccc1Br)NC(=O)C1(C#N)CCC1. The highest BCUT2D eigenvalue weighted by molar-refractivity contribution is 9.10. The standard InChI is InChI=1S/C15H17BrN2O/c1-11(9-12-5-2-3-6-13(12)16)18-14(19)15(10-17)7-4-8-15/h2-3,5-6,11H,4,7-9H2,1H3,(H,18,19)/t11-/m1/s1. The molecular formula is C15H17BrN2O. The third kappa shape index (κ3) is 2.98. The van der Waals surface area contributed by atoms with Crippen molar-refractivity contribution in [2.45, 2.75) is 38.6 Å². The fourth-order valence-electron chi connectivity index (χ4n) is 2.33. The minimum absolute atomic E-state index is 0.0250. The quantitative estimate of drug-likeness (QED) is 0.926. The predicted molar refractivity (Wildman–Crippen MR) is 77.3 cm³/mol. The van der Waals surface area contributed by atoms with Gasteiger partial charge in [0.1, 0.15) is 5.41 Å². The van der Waals surface area contributed by atoms with Crippen LogP contribution in [0.1, 0.15) is 31.7 Å². The second-order valence-corrected chi connectivity index (χ2v) is 6.07. The number of nitrogens with zero attached hydrogens (tertiary/aromatic N) is 1. The van der Waals surface area contributed by atoms with Crippen molar-refractivity contribution < 1.29 is 4.79 Å². The van der Waals surface area contributed by atoms with Crippen LogP contribution in [0.15, 0.2) is 28.7 Å². The van der Waals surface area contributed by atoms with Crippen LogP contribution in [-0.4, -0.2) is 11.9 Å². The van der Waals surface area contributed by atoms with Crippen LogP contribution in [0.4, 0.5) is 0 Å². The maximum absolute atomic E-state index is 12.1. The monoisotopic (exact) mass is 320 g/mol. The largest absolute Gasteiger partial charge is 0.352 e. The number of hydrogen-bond donors (Lipinski definition) is 1. The molecule has 0 saturated heterocycles. The molecule has 1 fully saturated rings. The summed E-state index contributed by atoms with van der Waals surface area (Å²) in [6, 6.07) is 10.2. The Morgan fingerprint density at radius 2 is 2.21 bits per heavy atom. The minimum atomic E-state index is -0.762. The zero-order chi connectivity index (χ0) is 13.9. The first-order chi connectivity index (χ1) is 9.07. The normalized spacial score (nSPS) is 17.9. The number of carbonyl (C=O) groups is 1. The smallest absolute Gasteiger partial charge is 0.240 e. The summed E-state index contributed by atoms with van der Waals surface area (Å²) >= 11 is 3.50. The number of hydrogen-bond acceptors (Lipinski definition) is 2. The van der Waals surface area contributed by atoms with E-state index < -0.39 is 5.41 Å². The molecule has 1 aliphatic carbocycles. The number of amides is 1. The van der Waals surface area contributed by atoms with Crippen LogP contribution in [0.5, 0.6) is 0 Å². The lowest BCUT2D eigenvalue weighted by molar-refractivity contribution is -0.132. The van der Waals surface area contributed by atoms with E-state index in [0.29, 0.717) is 12.8 Å². The minimum Gasteiger partial charge on any atom is -0.352 e. The Labute approximate surface area is 122 Å². The molecule has 0 bridgehead atoms. The molecular weight excluding hydrogens is 304 g/mol. The molecule has 100 valence electrons. The van der Waals surface area contributed by atoms with E-state index in [2.05, 4.69) is 27.3 Å². The summed E-state index contributed by atoms with van der Waals surface area (Å²) in [6.07, 6.45) is 3.11. The molecule has 4 heteroatoms. The van der Waals surface area contributed by atoms with Crippen molar-refractivity contribution in [3.8, 4) is 6.07 Å². The zero-order valence-electron chi connectivity index (χ0n) is 10.9. The fourth-order valence-corrected chi connectivity index (χ4v) is 2.77. The lowest BCUT2D eigenvalue weighted by Crippen LogP contribution is -2.48. The van der Waals surface area contributed by atoms with Crippen LogP contribution in [0.25, 0.3) is 0 Å². The molecule has 1 aliphatic rings. The van der Waals surface area contributed by atoms with Crippen LogP contribution in [0, 0.1) is 16.7 Å². The first-order valence-electron chi connectivity index (χ1n) is 6.53. The van der Waals surface area contributed by atoms with Crippen molar-refractivity contribution in [2.75, 3.05) is 0 Å². The lowest BCUT2D eigenvalue weighted by Gasteiger charge is -2.34. The van der Waals surface area contributed by atoms with Crippen molar-refractivity contribution in [2.24, 2.45) is 5.41 Å². The Balaban J connectivity index is 1.95. The molecule has 1 amide bonds. The Bertz CT molecular complexity index is 517. The summed E-state index contributed by atoms with van der Waals surface area (Å²) in [5.74, 6) is -0.110. The molecule has 0 unspecified atom stereocenters. The third-order valence-corrected chi connectivity index (χ3v) is 4.49. The highest BCUT2D eigenvalue weighted by Gasteiger charge is 2.44. The van der Waals surface area contributed by atoms with E-state index >= 15 is 0 Å². The molecule has 0 aromatic heterocycles. The van der Waals surface area contributed by atoms with Crippen LogP contribution in [-0.2, 0) is 11.2 Å². The van der Waals surface area contributed by atoms with Crippen LogP contribution in [0.3, 0.4) is 0 Å². The van der Waals surface area contributed by atoms with Gasteiger partial charge >= 0.3 is 0 Å². The van der Waals surface area contributed by atoms with E-state index in [1.165, 1.54) is 0 Å². The van der Waals surface area contributed by atoms with Crippen molar-refractivity contribution in [1.29, 1.82) is 5.26 Å². The summed E-state index contributed by atoms with van der Waals surface area (Å²) in [5.41, 5.74) is 0.400. The first-order valence-corrected chi connectivity index (χ1v) is 7.32. The van der Waals surface area contributed by atoms with Gasteiger partial charge in [-0.2, -0.15) is 5.26 Å². The van der Waals surface area contributed by atoms with E-state index in [1.807, 2.05) is 31.2 Å². The lowest BCUT2D eigenvalue weighted by atomic mass is 9.69. The average Bonchev–Trinajstić information content (AvgIpc) is 2.31. The van der Waals surface area contributed by atoms with Gasteiger partial charge in [-0.1, -0.05) is 34.1 Å². The first kappa shape index (κ1) is 14.1. The van der Waals surface area contributed by atoms with Gasteiger partial charge in [0.05, 0.1) is 6.07 Å². The molecule has 1 aromatic rings. The second kappa shape index (κ2) is 5.75. The molecule has 1 saturated carbocycles. The van der Waals surface area contributed by atoms with Crippen molar-refractivity contribution in [3.63, 3.8) is 0 Å². The third-order valence-electron chi connectivity index (χ3n) is 3.72. The molecule has 3 nitrogen and oxygen atoms in total. The van der Waals surface area contributed by atoms with Gasteiger partial charge in [0.15, 0.2) is 0 Å². The summed E-state index contributed by atoms with van der Waals surface area (Å²) in [4.78, 5) is 12.1. The summed E-state index contributed by atoms with van der Waals surface area (Å²) in [7, 11) is 0. The number of benzene rings is 1. The summed E-state index contributed by atoms with van der Waals surface area (Å²) in [5, 5.41) is 12.1. The Morgan fingerprint density at radius 1 is 1.53 bits per heavy atom. The second-order valence-electron chi connectivity index (χ2n) is 5.22. The van der Waals surface area contributed by atoms with Crippen molar-refractivity contribution >= 4 is 21.8 Å². The van der Waals surface area contributed by atoms with Crippen LogP contribution >= 0.6 is 15.9 Å². The van der Waals surface area contributed by atoms with Crippen LogP contribution < -0.4 is 5.32 Å². The molecule has 19 heavy (non-hydrogen) atoms. The van der Waals surface area contributed by atoms with Crippen LogP contribution in [0.2, 0.25) is 0 Å². The number of carbonyl (C=O) groups excluding carboxylic acids is 1. The van der Waals surface area contributed by atoms with Gasteiger partial charge in [-0.25, -0.2) is 0 Å². The van der Waals surface area contributed by atoms with Crippen molar-refractivity contribution in [1.82, 2.24) is 5.32 Å².